The first-order chi connectivity index (χ1) is 9.40. The first-order valence-corrected chi connectivity index (χ1v) is 7.02. The number of H-pyrrole nitrogens is 1. The fourth-order valence-corrected chi connectivity index (χ4v) is 2.54. The van der Waals surface area contributed by atoms with Crippen LogP contribution in [0.3, 0.4) is 0 Å². The molecule has 1 amide bonds. The van der Waals surface area contributed by atoms with Gasteiger partial charge in [-0.15, -0.1) is 11.3 Å². The molecule has 2 aromatic rings. The van der Waals surface area contributed by atoms with Crippen LogP contribution in [-0.2, 0) is 5.60 Å². The summed E-state index contributed by atoms with van der Waals surface area (Å²) >= 11 is 1.43. The van der Waals surface area contributed by atoms with E-state index in [-0.39, 0.29) is 18.2 Å². The SMILES string of the molecule is CC(=O)c1c[nH]c(C(=O)NCC(C)(O)c2cccs2)c1. The topological polar surface area (TPSA) is 82.2 Å². The van der Waals surface area contributed by atoms with E-state index in [1.54, 1.807) is 6.92 Å². The molecule has 106 valence electrons. The molecule has 0 fully saturated rings. The van der Waals surface area contributed by atoms with E-state index < -0.39 is 5.60 Å². The molecule has 2 heterocycles. The maximum atomic E-state index is 11.9. The number of aromatic nitrogens is 1. The quantitative estimate of drug-likeness (QED) is 0.736. The summed E-state index contributed by atoms with van der Waals surface area (Å²) in [5, 5.41) is 14.8. The highest BCUT2D eigenvalue weighted by Gasteiger charge is 2.25. The Morgan fingerprint density at radius 3 is 2.80 bits per heavy atom. The van der Waals surface area contributed by atoms with Gasteiger partial charge in [-0.05, 0) is 31.4 Å². The van der Waals surface area contributed by atoms with Gasteiger partial charge in [0.1, 0.15) is 11.3 Å². The smallest absolute Gasteiger partial charge is 0.267 e. The molecule has 0 aliphatic carbocycles. The summed E-state index contributed by atoms with van der Waals surface area (Å²) in [6, 6.07) is 5.16. The van der Waals surface area contributed by atoms with Gasteiger partial charge in [0, 0.05) is 16.6 Å². The lowest BCUT2D eigenvalue weighted by atomic mass is 10.1. The fourth-order valence-electron chi connectivity index (χ4n) is 1.75. The highest BCUT2D eigenvalue weighted by molar-refractivity contribution is 7.10. The highest BCUT2D eigenvalue weighted by atomic mass is 32.1. The van der Waals surface area contributed by atoms with Gasteiger partial charge in [0.15, 0.2) is 5.78 Å². The first-order valence-electron chi connectivity index (χ1n) is 6.14. The molecule has 0 aliphatic rings. The van der Waals surface area contributed by atoms with Gasteiger partial charge in [-0.1, -0.05) is 6.07 Å². The molecule has 1 unspecified atom stereocenters. The number of hydrogen-bond acceptors (Lipinski definition) is 4. The van der Waals surface area contributed by atoms with Crippen molar-refractivity contribution in [1.29, 1.82) is 0 Å². The number of carbonyl (C=O) groups is 2. The fraction of sp³-hybridized carbons (Fsp3) is 0.286. The van der Waals surface area contributed by atoms with Gasteiger partial charge < -0.3 is 15.4 Å². The van der Waals surface area contributed by atoms with Gasteiger partial charge >= 0.3 is 0 Å². The second-order valence-corrected chi connectivity index (χ2v) is 5.74. The molecule has 6 heteroatoms. The molecular weight excluding hydrogens is 276 g/mol. The average molecular weight is 292 g/mol. The van der Waals surface area contributed by atoms with Crippen LogP contribution in [0.5, 0.6) is 0 Å². The van der Waals surface area contributed by atoms with Crippen LogP contribution in [0, 0.1) is 0 Å². The molecule has 20 heavy (non-hydrogen) atoms. The Morgan fingerprint density at radius 2 is 2.25 bits per heavy atom. The number of rotatable bonds is 5. The second-order valence-electron chi connectivity index (χ2n) is 4.79. The maximum Gasteiger partial charge on any atom is 0.267 e. The maximum absolute atomic E-state index is 11.9. The number of aliphatic hydroxyl groups is 1. The van der Waals surface area contributed by atoms with Crippen molar-refractivity contribution in [2.45, 2.75) is 19.4 Å². The molecule has 0 radical (unpaired) electrons. The molecule has 0 aliphatic heterocycles. The summed E-state index contributed by atoms with van der Waals surface area (Å²) < 4.78 is 0. The summed E-state index contributed by atoms with van der Waals surface area (Å²) in [6.07, 6.45) is 1.49. The summed E-state index contributed by atoms with van der Waals surface area (Å²) in [7, 11) is 0. The van der Waals surface area contributed by atoms with Crippen molar-refractivity contribution in [3.8, 4) is 0 Å². The van der Waals surface area contributed by atoms with E-state index in [2.05, 4.69) is 10.3 Å². The van der Waals surface area contributed by atoms with Crippen LogP contribution >= 0.6 is 11.3 Å². The normalized spacial score (nSPS) is 13.8. The zero-order chi connectivity index (χ0) is 14.8. The molecular formula is C14H16N2O3S. The molecule has 0 spiro atoms. The Hall–Kier alpha value is -1.92. The van der Waals surface area contributed by atoms with E-state index in [0.29, 0.717) is 11.3 Å². The van der Waals surface area contributed by atoms with Crippen molar-refractivity contribution >= 4 is 23.0 Å². The number of carbonyl (C=O) groups excluding carboxylic acids is 2. The highest BCUT2D eigenvalue weighted by Crippen LogP contribution is 2.24. The number of aromatic amines is 1. The lowest BCUT2D eigenvalue weighted by Gasteiger charge is -2.22. The van der Waals surface area contributed by atoms with Gasteiger partial charge in [-0.3, -0.25) is 9.59 Å². The Labute approximate surface area is 120 Å². The Bertz CT molecular complexity index is 614. The van der Waals surface area contributed by atoms with E-state index in [1.165, 1.54) is 30.5 Å². The third kappa shape index (κ3) is 3.15. The lowest BCUT2D eigenvalue weighted by molar-refractivity contribution is 0.0555. The van der Waals surface area contributed by atoms with Crippen molar-refractivity contribution in [3.63, 3.8) is 0 Å². The average Bonchev–Trinajstić information content (AvgIpc) is 3.06. The Balaban J connectivity index is 1.99. The summed E-state index contributed by atoms with van der Waals surface area (Å²) in [4.78, 5) is 26.6. The minimum atomic E-state index is -1.11. The molecule has 3 N–H and O–H groups in total. The predicted molar refractivity (Wildman–Crippen MR) is 77.0 cm³/mol. The van der Waals surface area contributed by atoms with Crippen molar-refractivity contribution in [1.82, 2.24) is 10.3 Å². The predicted octanol–water partition coefficient (Wildman–Crippen LogP) is 1.92. The molecule has 2 rings (SSSR count). The van der Waals surface area contributed by atoms with Crippen molar-refractivity contribution < 1.29 is 14.7 Å². The monoisotopic (exact) mass is 292 g/mol. The van der Waals surface area contributed by atoms with E-state index >= 15 is 0 Å². The molecule has 1 atom stereocenters. The van der Waals surface area contributed by atoms with Crippen LogP contribution in [0.15, 0.2) is 29.8 Å². The number of Topliss-reactive ketones (excluding diaryl/α,β-unsaturated/α-hetero) is 1. The van der Waals surface area contributed by atoms with Gasteiger partial charge in [0.25, 0.3) is 5.91 Å². The van der Waals surface area contributed by atoms with Gasteiger partial charge in [-0.2, -0.15) is 0 Å². The molecule has 0 bridgehead atoms. The largest absolute Gasteiger partial charge is 0.383 e. The van der Waals surface area contributed by atoms with Crippen LogP contribution in [0.2, 0.25) is 0 Å². The zero-order valence-corrected chi connectivity index (χ0v) is 12.1. The van der Waals surface area contributed by atoms with Crippen molar-refractivity contribution in [2.75, 3.05) is 6.54 Å². The third-order valence-electron chi connectivity index (χ3n) is 2.98. The Morgan fingerprint density at radius 1 is 1.50 bits per heavy atom. The van der Waals surface area contributed by atoms with Crippen LogP contribution in [0.25, 0.3) is 0 Å². The molecule has 5 nitrogen and oxygen atoms in total. The summed E-state index contributed by atoms with van der Waals surface area (Å²) in [6.45, 7) is 3.18. The molecule has 2 aromatic heterocycles. The molecule has 0 saturated carbocycles. The van der Waals surface area contributed by atoms with Gasteiger partial charge in [0.05, 0.1) is 6.54 Å². The zero-order valence-electron chi connectivity index (χ0n) is 11.3. The van der Waals surface area contributed by atoms with E-state index in [4.69, 9.17) is 0 Å². The van der Waals surface area contributed by atoms with Crippen molar-refractivity contribution in [2.24, 2.45) is 0 Å². The number of thiophene rings is 1. The first kappa shape index (κ1) is 14.5. The van der Waals surface area contributed by atoms with E-state index in [0.717, 1.165) is 4.88 Å². The van der Waals surface area contributed by atoms with Crippen LogP contribution in [0.4, 0.5) is 0 Å². The molecule has 0 aromatic carbocycles. The van der Waals surface area contributed by atoms with Crippen LogP contribution in [0.1, 0.15) is 39.6 Å². The second kappa shape index (κ2) is 5.60. The summed E-state index contributed by atoms with van der Waals surface area (Å²) in [5.74, 6) is -0.458. The van der Waals surface area contributed by atoms with Gasteiger partial charge in [0.2, 0.25) is 0 Å². The number of ketones is 1. The van der Waals surface area contributed by atoms with Crippen LogP contribution < -0.4 is 5.32 Å². The Kier molecular flexibility index (Phi) is 4.06. The van der Waals surface area contributed by atoms with E-state index in [9.17, 15) is 14.7 Å². The summed E-state index contributed by atoms with van der Waals surface area (Å²) in [5.41, 5.74) is -0.350. The van der Waals surface area contributed by atoms with Gasteiger partial charge in [-0.25, -0.2) is 0 Å². The van der Waals surface area contributed by atoms with E-state index in [1.807, 2.05) is 17.5 Å². The minimum absolute atomic E-state index is 0.0980. The number of amides is 1. The standard InChI is InChI=1S/C14H16N2O3S/c1-9(17)10-6-11(15-7-10)13(18)16-8-14(2,19)12-4-3-5-20-12/h3-7,15,19H,8H2,1-2H3,(H,16,18). The van der Waals surface area contributed by atoms with Crippen LogP contribution in [-0.4, -0.2) is 28.3 Å². The minimum Gasteiger partial charge on any atom is -0.383 e. The third-order valence-corrected chi connectivity index (χ3v) is 4.10. The number of nitrogens with one attached hydrogen (secondary N) is 2. The lowest BCUT2D eigenvalue weighted by Crippen LogP contribution is -2.38. The molecule has 0 saturated heterocycles. The number of hydrogen-bond donors (Lipinski definition) is 3. The van der Waals surface area contributed by atoms with Crippen molar-refractivity contribution in [3.05, 3.63) is 45.9 Å².